The van der Waals surface area contributed by atoms with Crippen molar-refractivity contribution < 1.29 is 9.59 Å². The molecule has 26 heavy (non-hydrogen) atoms. The summed E-state index contributed by atoms with van der Waals surface area (Å²) in [5.41, 5.74) is 5.30. The van der Waals surface area contributed by atoms with Gasteiger partial charge in [-0.15, -0.1) is 21.5 Å². The molecule has 1 aliphatic rings. The normalized spacial score (nSPS) is 15.0. The van der Waals surface area contributed by atoms with Crippen molar-refractivity contribution in [2.24, 2.45) is 5.73 Å². The van der Waals surface area contributed by atoms with E-state index in [0.29, 0.717) is 23.3 Å². The molecule has 0 bridgehead atoms. The molecule has 1 aliphatic heterocycles. The molecule has 1 fully saturated rings. The van der Waals surface area contributed by atoms with Crippen molar-refractivity contribution in [3.63, 3.8) is 0 Å². The van der Waals surface area contributed by atoms with Crippen molar-refractivity contribution in [2.45, 2.75) is 43.8 Å². The number of nitrogens with zero attached hydrogens (tertiary/aromatic N) is 4. The van der Waals surface area contributed by atoms with Crippen LogP contribution in [0, 0.1) is 0 Å². The van der Waals surface area contributed by atoms with Gasteiger partial charge in [0, 0.05) is 26.1 Å². The second kappa shape index (κ2) is 9.18. The molecule has 0 unspecified atom stereocenters. The summed E-state index contributed by atoms with van der Waals surface area (Å²) in [6.45, 7) is 2.10. The first-order chi connectivity index (χ1) is 12.6. The number of likely N-dealkylation sites (tertiary alicyclic amines) is 1. The standard InChI is InChI=1S/C17H23N5O2S2/c18-14(23)7-10-22-16(13-6-5-11-25-13)19-20-17(22)26-12-15(24)21-8-3-1-2-4-9-21/h5-6,11H,1-4,7-10,12H2,(H2,18,23). The molecule has 0 aliphatic carbocycles. The van der Waals surface area contributed by atoms with E-state index in [1.807, 2.05) is 27.0 Å². The summed E-state index contributed by atoms with van der Waals surface area (Å²) in [6, 6.07) is 3.91. The molecule has 9 heteroatoms. The fourth-order valence-corrected chi connectivity index (χ4v) is 4.53. The molecule has 0 radical (unpaired) electrons. The van der Waals surface area contributed by atoms with E-state index in [9.17, 15) is 9.59 Å². The first-order valence-electron chi connectivity index (χ1n) is 8.81. The first kappa shape index (κ1) is 18.9. The van der Waals surface area contributed by atoms with Crippen molar-refractivity contribution in [3.05, 3.63) is 17.5 Å². The average Bonchev–Trinajstić information content (AvgIpc) is 3.20. The first-order valence-corrected chi connectivity index (χ1v) is 10.7. The van der Waals surface area contributed by atoms with Crippen LogP contribution in [0.2, 0.25) is 0 Å². The Hall–Kier alpha value is -1.87. The number of carbonyl (C=O) groups is 2. The summed E-state index contributed by atoms with van der Waals surface area (Å²) >= 11 is 2.94. The fraction of sp³-hybridized carbons (Fsp3) is 0.529. The lowest BCUT2D eigenvalue weighted by molar-refractivity contribution is -0.128. The smallest absolute Gasteiger partial charge is 0.233 e. The highest BCUT2D eigenvalue weighted by Gasteiger charge is 2.19. The average molecular weight is 394 g/mol. The predicted octanol–water partition coefficient (Wildman–Crippen LogP) is 2.38. The molecule has 7 nitrogen and oxygen atoms in total. The highest BCUT2D eigenvalue weighted by atomic mass is 32.2. The van der Waals surface area contributed by atoms with E-state index in [2.05, 4.69) is 10.2 Å². The van der Waals surface area contributed by atoms with E-state index in [1.54, 1.807) is 11.3 Å². The number of hydrogen-bond acceptors (Lipinski definition) is 6. The van der Waals surface area contributed by atoms with E-state index in [0.717, 1.165) is 30.8 Å². The largest absolute Gasteiger partial charge is 0.370 e. The van der Waals surface area contributed by atoms with Crippen LogP contribution < -0.4 is 5.73 Å². The zero-order valence-corrected chi connectivity index (χ0v) is 16.2. The van der Waals surface area contributed by atoms with Gasteiger partial charge >= 0.3 is 0 Å². The maximum absolute atomic E-state index is 12.5. The Morgan fingerprint density at radius 1 is 1.19 bits per heavy atom. The number of hydrogen-bond donors (Lipinski definition) is 1. The number of thiophene rings is 1. The van der Waals surface area contributed by atoms with Gasteiger partial charge in [0.15, 0.2) is 11.0 Å². The van der Waals surface area contributed by atoms with Crippen molar-refractivity contribution >= 4 is 34.9 Å². The summed E-state index contributed by atoms with van der Waals surface area (Å²) < 4.78 is 1.89. The summed E-state index contributed by atoms with van der Waals surface area (Å²) in [5, 5.41) is 11.1. The van der Waals surface area contributed by atoms with Gasteiger partial charge in [0.05, 0.1) is 10.6 Å². The van der Waals surface area contributed by atoms with Gasteiger partial charge in [-0.05, 0) is 24.3 Å². The quantitative estimate of drug-likeness (QED) is 0.729. The Morgan fingerprint density at radius 3 is 2.62 bits per heavy atom. The highest BCUT2D eigenvalue weighted by molar-refractivity contribution is 7.99. The van der Waals surface area contributed by atoms with Gasteiger partial charge in [-0.25, -0.2) is 0 Å². The van der Waals surface area contributed by atoms with E-state index in [1.165, 1.54) is 24.6 Å². The summed E-state index contributed by atoms with van der Waals surface area (Å²) in [7, 11) is 0. The molecule has 1 saturated heterocycles. The third-order valence-electron chi connectivity index (χ3n) is 4.32. The Bertz CT molecular complexity index is 736. The van der Waals surface area contributed by atoms with Gasteiger partial charge in [0.25, 0.3) is 0 Å². The number of primary amides is 1. The second-order valence-corrected chi connectivity index (χ2v) is 8.13. The van der Waals surface area contributed by atoms with Crippen molar-refractivity contribution in [1.29, 1.82) is 0 Å². The number of aromatic nitrogens is 3. The van der Waals surface area contributed by atoms with Crippen molar-refractivity contribution in [2.75, 3.05) is 18.8 Å². The molecule has 3 heterocycles. The van der Waals surface area contributed by atoms with Crippen LogP contribution in [0.4, 0.5) is 0 Å². The van der Waals surface area contributed by atoms with Crippen LogP contribution in [0.1, 0.15) is 32.1 Å². The number of rotatable bonds is 7. The molecule has 0 aromatic carbocycles. The molecule has 0 atom stereocenters. The van der Waals surface area contributed by atoms with Crippen LogP contribution in [0.25, 0.3) is 10.7 Å². The number of nitrogens with two attached hydrogens (primary N) is 1. The molecular weight excluding hydrogens is 370 g/mol. The van der Waals surface area contributed by atoms with Crippen LogP contribution in [0.5, 0.6) is 0 Å². The van der Waals surface area contributed by atoms with Gasteiger partial charge in [-0.2, -0.15) is 0 Å². The third kappa shape index (κ3) is 4.85. The maximum Gasteiger partial charge on any atom is 0.233 e. The lowest BCUT2D eigenvalue weighted by Crippen LogP contribution is -2.33. The molecular formula is C17H23N5O2S2. The zero-order chi connectivity index (χ0) is 18.4. The van der Waals surface area contributed by atoms with E-state index in [-0.39, 0.29) is 18.2 Å². The summed E-state index contributed by atoms with van der Waals surface area (Å²) in [5.74, 6) is 0.816. The lowest BCUT2D eigenvalue weighted by Gasteiger charge is -2.19. The third-order valence-corrected chi connectivity index (χ3v) is 6.14. The van der Waals surface area contributed by atoms with Gasteiger partial charge < -0.3 is 15.2 Å². The van der Waals surface area contributed by atoms with Crippen LogP contribution in [-0.4, -0.2) is 50.3 Å². The minimum absolute atomic E-state index is 0.138. The van der Waals surface area contributed by atoms with Crippen molar-refractivity contribution in [1.82, 2.24) is 19.7 Å². The Labute approximate surface area is 161 Å². The van der Waals surface area contributed by atoms with Gasteiger partial charge in [0.1, 0.15) is 0 Å². The maximum atomic E-state index is 12.5. The number of thioether (sulfide) groups is 1. The van der Waals surface area contributed by atoms with Crippen LogP contribution in [-0.2, 0) is 16.1 Å². The minimum atomic E-state index is -0.368. The number of carbonyl (C=O) groups excluding carboxylic acids is 2. The Kier molecular flexibility index (Phi) is 6.67. The molecule has 2 N–H and O–H groups in total. The molecule has 0 spiro atoms. The van der Waals surface area contributed by atoms with Crippen LogP contribution in [0.3, 0.4) is 0 Å². The van der Waals surface area contributed by atoms with Crippen molar-refractivity contribution in [3.8, 4) is 10.7 Å². The van der Waals surface area contributed by atoms with E-state index in [4.69, 9.17) is 5.73 Å². The Morgan fingerprint density at radius 2 is 1.96 bits per heavy atom. The minimum Gasteiger partial charge on any atom is -0.370 e. The zero-order valence-electron chi connectivity index (χ0n) is 14.6. The van der Waals surface area contributed by atoms with E-state index < -0.39 is 0 Å². The van der Waals surface area contributed by atoms with Crippen LogP contribution >= 0.6 is 23.1 Å². The topological polar surface area (TPSA) is 94.1 Å². The van der Waals surface area contributed by atoms with Gasteiger partial charge in [-0.1, -0.05) is 30.7 Å². The molecule has 2 amide bonds. The molecule has 2 aromatic heterocycles. The molecule has 140 valence electrons. The predicted molar refractivity (Wildman–Crippen MR) is 103 cm³/mol. The SMILES string of the molecule is NC(=O)CCn1c(SCC(=O)N2CCCCCC2)nnc1-c1cccs1. The molecule has 0 saturated carbocycles. The monoisotopic (exact) mass is 393 g/mol. The van der Waals surface area contributed by atoms with Crippen LogP contribution in [0.15, 0.2) is 22.7 Å². The molecule has 2 aromatic rings. The second-order valence-electron chi connectivity index (χ2n) is 6.24. The lowest BCUT2D eigenvalue weighted by atomic mass is 10.2. The molecule has 3 rings (SSSR count). The Balaban J connectivity index is 1.70. The summed E-state index contributed by atoms with van der Waals surface area (Å²) in [6.07, 6.45) is 4.76. The number of amides is 2. The van der Waals surface area contributed by atoms with Gasteiger partial charge in [-0.3, -0.25) is 9.59 Å². The summed E-state index contributed by atoms with van der Waals surface area (Å²) in [4.78, 5) is 26.7. The van der Waals surface area contributed by atoms with Gasteiger partial charge in [0.2, 0.25) is 11.8 Å². The fourth-order valence-electron chi connectivity index (χ4n) is 2.94. The highest BCUT2D eigenvalue weighted by Crippen LogP contribution is 2.27. The van der Waals surface area contributed by atoms with E-state index >= 15 is 0 Å².